The molecule has 0 spiro atoms. The van der Waals surface area contributed by atoms with Gasteiger partial charge in [-0.1, -0.05) is 6.07 Å². The fourth-order valence-corrected chi connectivity index (χ4v) is 0.971. The lowest BCUT2D eigenvalue weighted by molar-refractivity contribution is 0.152. The van der Waals surface area contributed by atoms with E-state index in [1.54, 1.807) is 13.0 Å². The summed E-state index contributed by atoms with van der Waals surface area (Å²) < 4.78 is 4.56. The molecule has 1 rings (SSSR count). The van der Waals surface area contributed by atoms with Crippen LogP contribution in [0.15, 0.2) is 23.3 Å². The molecule has 0 atom stereocenters. The lowest BCUT2D eigenvalue weighted by Gasteiger charge is -2.01. The van der Waals surface area contributed by atoms with Gasteiger partial charge in [-0.25, -0.2) is 10.2 Å². The Morgan fingerprint density at radius 1 is 1.56 bits per heavy atom. The number of carbonyl (C=O) groups is 1. The first-order chi connectivity index (χ1) is 7.65. The Morgan fingerprint density at radius 3 is 3.00 bits per heavy atom. The Hall–Kier alpha value is -2.24. The van der Waals surface area contributed by atoms with Crippen LogP contribution in [0.2, 0.25) is 0 Å². The first-order valence-electron chi connectivity index (χ1n) is 4.62. The molecule has 0 bridgehead atoms. The van der Waals surface area contributed by atoms with Gasteiger partial charge in [0, 0.05) is 5.56 Å². The molecular formula is C10H12N2O4. The van der Waals surface area contributed by atoms with E-state index in [2.05, 4.69) is 15.3 Å². The number of phenolic OH excluding ortho intramolecular Hbond substituents is 2. The lowest BCUT2D eigenvalue weighted by atomic mass is 10.2. The molecule has 0 fully saturated rings. The summed E-state index contributed by atoms with van der Waals surface area (Å²) in [5.41, 5.74) is 2.38. The third-order valence-electron chi connectivity index (χ3n) is 1.68. The molecule has 0 aliphatic heterocycles. The van der Waals surface area contributed by atoms with Gasteiger partial charge in [0.25, 0.3) is 0 Å². The molecule has 6 nitrogen and oxygen atoms in total. The van der Waals surface area contributed by atoms with Crippen molar-refractivity contribution in [2.75, 3.05) is 6.61 Å². The van der Waals surface area contributed by atoms with Crippen LogP contribution >= 0.6 is 0 Å². The SMILES string of the molecule is CCOC(=O)NN=Cc1cccc(O)c1O. The van der Waals surface area contributed by atoms with Gasteiger partial charge < -0.3 is 14.9 Å². The predicted molar refractivity (Wildman–Crippen MR) is 57.5 cm³/mol. The zero-order chi connectivity index (χ0) is 12.0. The quantitative estimate of drug-likeness (QED) is 0.408. The van der Waals surface area contributed by atoms with Crippen molar-refractivity contribution in [1.82, 2.24) is 5.43 Å². The maximum atomic E-state index is 10.8. The van der Waals surface area contributed by atoms with E-state index in [1.807, 2.05) is 0 Å². The van der Waals surface area contributed by atoms with Crippen molar-refractivity contribution in [3.05, 3.63) is 23.8 Å². The summed E-state index contributed by atoms with van der Waals surface area (Å²) in [5, 5.41) is 22.1. The second-order valence-electron chi connectivity index (χ2n) is 2.81. The Balaban J connectivity index is 2.63. The van der Waals surface area contributed by atoms with Crippen LogP contribution in [0.4, 0.5) is 4.79 Å². The Kier molecular flexibility index (Phi) is 4.14. The number of hydrogen-bond acceptors (Lipinski definition) is 5. The zero-order valence-electron chi connectivity index (χ0n) is 8.67. The molecule has 0 aromatic heterocycles. The average molecular weight is 224 g/mol. The largest absolute Gasteiger partial charge is 0.504 e. The minimum atomic E-state index is -0.682. The Labute approximate surface area is 92.2 Å². The van der Waals surface area contributed by atoms with Crippen molar-refractivity contribution in [3.63, 3.8) is 0 Å². The number of phenols is 2. The number of hydrogen-bond donors (Lipinski definition) is 3. The Bertz CT molecular complexity index is 404. The predicted octanol–water partition coefficient (Wildman–Crippen LogP) is 1.18. The maximum Gasteiger partial charge on any atom is 0.427 e. The normalized spacial score (nSPS) is 10.3. The summed E-state index contributed by atoms with van der Waals surface area (Å²) >= 11 is 0. The first kappa shape index (κ1) is 11.8. The van der Waals surface area contributed by atoms with E-state index in [-0.39, 0.29) is 23.7 Å². The number of amides is 1. The molecule has 0 heterocycles. The van der Waals surface area contributed by atoms with Gasteiger partial charge in [-0.05, 0) is 19.1 Å². The number of nitrogens with zero attached hydrogens (tertiary/aromatic N) is 1. The van der Waals surface area contributed by atoms with E-state index in [1.165, 1.54) is 18.3 Å². The fourth-order valence-electron chi connectivity index (χ4n) is 0.971. The topological polar surface area (TPSA) is 91.2 Å². The zero-order valence-corrected chi connectivity index (χ0v) is 8.67. The number of benzene rings is 1. The van der Waals surface area contributed by atoms with Crippen LogP contribution in [-0.4, -0.2) is 29.1 Å². The van der Waals surface area contributed by atoms with Gasteiger partial charge in [0.1, 0.15) is 0 Å². The van der Waals surface area contributed by atoms with Gasteiger partial charge in [0.15, 0.2) is 11.5 Å². The summed E-state index contributed by atoms with van der Waals surface area (Å²) in [6, 6.07) is 4.41. The van der Waals surface area contributed by atoms with Gasteiger partial charge in [0.05, 0.1) is 12.8 Å². The summed E-state index contributed by atoms with van der Waals surface area (Å²) in [7, 11) is 0. The minimum Gasteiger partial charge on any atom is -0.504 e. The van der Waals surface area contributed by atoms with Crippen molar-refractivity contribution in [1.29, 1.82) is 0 Å². The molecule has 0 radical (unpaired) electrons. The molecule has 3 N–H and O–H groups in total. The van der Waals surface area contributed by atoms with Crippen LogP contribution in [-0.2, 0) is 4.74 Å². The Morgan fingerprint density at radius 2 is 2.31 bits per heavy atom. The van der Waals surface area contributed by atoms with E-state index in [9.17, 15) is 9.90 Å². The van der Waals surface area contributed by atoms with E-state index < -0.39 is 6.09 Å². The molecule has 1 amide bonds. The molecule has 0 saturated heterocycles. The number of hydrazone groups is 1. The van der Waals surface area contributed by atoms with Crippen LogP contribution < -0.4 is 5.43 Å². The van der Waals surface area contributed by atoms with Crippen molar-refractivity contribution >= 4 is 12.3 Å². The molecule has 0 unspecified atom stereocenters. The summed E-state index contributed by atoms with van der Waals surface area (Å²) in [4.78, 5) is 10.8. The highest BCUT2D eigenvalue weighted by molar-refractivity contribution is 5.85. The number of nitrogens with one attached hydrogen (secondary N) is 1. The van der Waals surface area contributed by atoms with Crippen molar-refractivity contribution in [3.8, 4) is 11.5 Å². The lowest BCUT2D eigenvalue weighted by Crippen LogP contribution is -2.18. The highest BCUT2D eigenvalue weighted by atomic mass is 16.5. The molecular weight excluding hydrogens is 212 g/mol. The van der Waals surface area contributed by atoms with Crippen molar-refractivity contribution < 1.29 is 19.7 Å². The minimum absolute atomic E-state index is 0.249. The second-order valence-corrected chi connectivity index (χ2v) is 2.81. The summed E-state index contributed by atoms with van der Waals surface area (Å²) in [5.74, 6) is -0.544. The summed E-state index contributed by atoms with van der Waals surface area (Å²) in [6.07, 6.45) is 0.518. The van der Waals surface area contributed by atoms with E-state index in [0.717, 1.165) is 0 Å². The molecule has 1 aromatic carbocycles. The highest BCUT2D eigenvalue weighted by Gasteiger charge is 2.03. The third kappa shape index (κ3) is 3.16. The maximum absolute atomic E-state index is 10.8. The highest BCUT2D eigenvalue weighted by Crippen LogP contribution is 2.26. The first-order valence-corrected chi connectivity index (χ1v) is 4.62. The second kappa shape index (κ2) is 5.59. The fraction of sp³-hybridized carbons (Fsp3) is 0.200. The van der Waals surface area contributed by atoms with E-state index in [0.29, 0.717) is 0 Å². The van der Waals surface area contributed by atoms with Crippen LogP contribution in [0.25, 0.3) is 0 Å². The number of ether oxygens (including phenoxy) is 1. The van der Waals surface area contributed by atoms with Crippen LogP contribution in [0.5, 0.6) is 11.5 Å². The summed E-state index contributed by atoms with van der Waals surface area (Å²) in [6.45, 7) is 1.92. The van der Waals surface area contributed by atoms with E-state index >= 15 is 0 Å². The van der Waals surface area contributed by atoms with Crippen LogP contribution in [0.1, 0.15) is 12.5 Å². The monoisotopic (exact) mass is 224 g/mol. The number of aromatic hydroxyl groups is 2. The number of carbonyl (C=O) groups excluding carboxylic acids is 1. The standard InChI is InChI=1S/C10H12N2O4/c1-2-16-10(15)12-11-6-7-4-3-5-8(13)9(7)14/h3-6,13-14H,2H2,1H3,(H,12,15). The van der Waals surface area contributed by atoms with Gasteiger partial charge in [-0.15, -0.1) is 0 Å². The number of rotatable bonds is 3. The smallest absolute Gasteiger partial charge is 0.427 e. The van der Waals surface area contributed by atoms with Gasteiger partial charge in [-0.3, -0.25) is 0 Å². The number of para-hydroxylation sites is 1. The van der Waals surface area contributed by atoms with Crippen molar-refractivity contribution in [2.24, 2.45) is 5.10 Å². The van der Waals surface area contributed by atoms with Gasteiger partial charge >= 0.3 is 6.09 Å². The van der Waals surface area contributed by atoms with Crippen LogP contribution in [0, 0.1) is 0 Å². The van der Waals surface area contributed by atoms with E-state index in [4.69, 9.17) is 5.11 Å². The molecule has 86 valence electrons. The molecule has 6 heteroatoms. The molecule has 16 heavy (non-hydrogen) atoms. The molecule has 1 aromatic rings. The third-order valence-corrected chi connectivity index (χ3v) is 1.68. The molecule has 0 saturated carbocycles. The van der Waals surface area contributed by atoms with Crippen LogP contribution in [0.3, 0.4) is 0 Å². The van der Waals surface area contributed by atoms with Crippen molar-refractivity contribution in [2.45, 2.75) is 6.92 Å². The van der Waals surface area contributed by atoms with Gasteiger partial charge in [0.2, 0.25) is 0 Å². The molecule has 0 aliphatic rings. The average Bonchev–Trinajstić information content (AvgIpc) is 2.25. The molecule has 0 aliphatic carbocycles. The van der Waals surface area contributed by atoms with Gasteiger partial charge in [-0.2, -0.15) is 5.10 Å².